The number of carbonyl (C=O) groups excluding carboxylic acids is 1. The first-order valence-corrected chi connectivity index (χ1v) is 7.65. The standard InChI is InChI=1S/C13H18Br2N2O2/c1-3-17(4-5-18)8-12(19)16-13-10(14)6-9(2)7-11(13)15/h6-7,18H,3-5,8H2,1-2H3,(H,16,19). The number of hydrogen-bond donors (Lipinski definition) is 2. The number of aliphatic hydroxyl groups is 1. The van der Waals surface area contributed by atoms with E-state index in [0.717, 1.165) is 26.7 Å². The van der Waals surface area contributed by atoms with Crippen molar-refractivity contribution in [2.24, 2.45) is 0 Å². The maximum atomic E-state index is 12.0. The molecule has 2 N–H and O–H groups in total. The summed E-state index contributed by atoms with van der Waals surface area (Å²) in [5.41, 5.74) is 1.84. The van der Waals surface area contributed by atoms with Gasteiger partial charge in [-0.2, -0.15) is 0 Å². The molecule has 0 spiro atoms. The zero-order valence-electron chi connectivity index (χ0n) is 11.0. The van der Waals surface area contributed by atoms with Crippen molar-refractivity contribution in [2.75, 3.05) is 31.6 Å². The van der Waals surface area contributed by atoms with Crippen LogP contribution in [0.2, 0.25) is 0 Å². The van der Waals surface area contributed by atoms with E-state index in [1.54, 1.807) is 0 Å². The molecule has 0 aliphatic carbocycles. The largest absolute Gasteiger partial charge is 0.395 e. The molecular formula is C13H18Br2N2O2. The van der Waals surface area contributed by atoms with Crippen LogP contribution in [0.15, 0.2) is 21.1 Å². The molecule has 0 unspecified atom stereocenters. The van der Waals surface area contributed by atoms with Crippen LogP contribution in [0.1, 0.15) is 12.5 Å². The first-order valence-electron chi connectivity index (χ1n) is 6.06. The molecule has 0 atom stereocenters. The van der Waals surface area contributed by atoms with Crippen molar-refractivity contribution in [1.29, 1.82) is 0 Å². The number of aliphatic hydroxyl groups excluding tert-OH is 1. The van der Waals surface area contributed by atoms with Gasteiger partial charge < -0.3 is 10.4 Å². The summed E-state index contributed by atoms with van der Waals surface area (Å²) in [5, 5.41) is 11.8. The molecule has 0 radical (unpaired) electrons. The van der Waals surface area contributed by atoms with Gasteiger partial charge in [0.15, 0.2) is 0 Å². The molecule has 0 aromatic heterocycles. The van der Waals surface area contributed by atoms with Crippen molar-refractivity contribution in [2.45, 2.75) is 13.8 Å². The van der Waals surface area contributed by atoms with Crippen LogP contribution in [-0.4, -0.2) is 42.2 Å². The molecule has 19 heavy (non-hydrogen) atoms. The van der Waals surface area contributed by atoms with Gasteiger partial charge in [0.1, 0.15) is 0 Å². The Hall–Kier alpha value is -0.430. The van der Waals surface area contributed by atoms with Crippen LogP contribution in [0, 0.1) is 6.92 Å². The fraction of sp³-hybridized carbons (Fsp3) is 0.462. The van der Waals surface area contributed by atoms with Crippen molar-refractivity contribution >= 4 is 43.5 Å². The molecule has 0 saturated heterocycles. The van der Waals surface area contributed by atoms with E-state index in [4.69, 9.17) is 5.11 Å². The Labute approximate surface area is 130 Å². The maximum Gasteiger partial charge on any atom is 0.238 e. The monoisotopic (exact) mass is 392 g/mol. The molecule has 4 nitrogen and oxygen atoms in total. The van der Waals surface area contributed by atoms with E-state index in [0.29, 0.717) is 6.54 Å². The Balaban J connectivity index is 2.72. The van der Waals surface area contributed by atoms with E-state index < -0.39 is 0 Å². The SMILES string of the molecule is CCN(CCO)CC(=O)Nc1c(Br)cc(C)cc1Br. The number of likely N-dealkylation sites (N-methyl/N-ethyl adjacent to an activating group) is 1. The van der Waals surface area contributed by atoms with E-state index in [9.17, 15) is 4.79 Å². The van der Waals surface area contributed by atoms with E-state index in [2.05, 4.69) is 37.2 Å². The molecule has 0 saturated carbocycles. The Morgan fingerprint density at radius 2 is 1.95 bits per heavy atom. The highest BCUT2D eigenvalue weighted by molar-refractivity contribution is 9.11. The predicted molar refractivity (Wildman–Crippen MR) is 84.4 cm³/mol. The third kappa shape index (κ3) is 5.22. The highest BCUT2D eigenvalue weighted by Crippen LogP contribution is 2.32. The lowest BCUT2D eigenvalue weighted by Gasteiger charge is -2.19. The van der Waals surface area contributed by atoms with Gasteiger partial charge in [-0.1, -0.05) is 6.92 Å². The molecule has 106 valence electrons. The quantitative estimate of drug-likeness (QED) is 0.781. The minimum atomic E-state index is -0.0967. The summed E-state index contributed by atoms with van der Waals surface area (Å²) >= 11 is 6.88. The van der Waals surface area contributed by atoms with Gasteiger partial charge in [0.2, 0.25) is 5.91 Å². The maximum absolute atomic E-state index is 12.0. The predicted octanol–water partition coefficient (Wildman–Crippen LogP) is 2.77. The van der Waals surface area contributed by atoms with Crippen molar-refractivity contribution in [3.05, 3.63) is 26.6 Å². The van der Waals surface area contributed by atoms with E-state index >= 15 is 0 Å². The fourth-order valence-electron chi connectivity index (χ4n) is 1.69. The molecule has 0 fully saturated rings. The number of halogens is 2. The molecule has 1 aromatic rings. The van der Waals surface area contributed by atoms with Gasteiger partial charge in [0.05, 0.1) is 18.8 Å². The minimum absolute atomic E-state index is 0.0546. The normalized spacial score (nSPS) is 10.8. The molecule has 1 aromatic carbocycles. The van der Waals surface area contributed by atoms with Crippen LogP contribution < -0.4 is 5.32 Å². The van der Waals surface area contributed by atoms with Gasteiger partial charge in [0.25, 0.3) is 0 Å². The third-order valence-electron chi connectivity index (χ3n) is 2.68. The molecular weight excluding hydrogens is 376 g/mol. The Bertz CT molecular complexity index is 429. The second-order valence-corrected chi connectivity index (χ2v) is 5.95. The zero-order chi connectivity index (χ0) is 14.4. The molecule has 0 aliphatic heterocycles. The third-order valence-corrected chi connectivity index (χ3v) is 3.93. The van der Waals surface area contributed by atoms with E-state index in [1.165, 1.54) is 0 Å². The number of nitrogens with one attached hydrogen (secondary N) is 1. The van der Waals surface area contributed by atoms with Gasteiger partial charge in [-0.25, -0.2) is 0 Å². The van der Waals surface area contributed by atoms with Crippen LogP contribution in [0.3, 0.4) is 0 Å². The smallest absolute Gasteiger partial charge is 0.238 e. The number of hydrogen-bond acceptors (Lipinski definition) is 3. The average Bonchev–Trinajstić information content (AvgIpc) is 2.33. The number of anilines is 1. The first-order chi connectivity index (χ1) is 8.97. The van der Waals surface area contributed by atoms with E-state index in [1.807, 2.05) is 30.9 Å². The van der Waals surface area contributed by atoms with Crippen molar-refractivity contribution in [3.8, 4) is 0 Å². The number of rotatable bonds is 6. The highest BCUT2D eigenvalue weighted by atomic mass is 79.9. The lowest BCUT2D eigenvalue weighted by atomic mass is 10.2. The molecule has 0 heterocycles. The summed E-state index contributed by atoms with van der Waals surface area (Å²) in [6.07, 6.45) is 0. The number of aryl methyl sites for hydroxylation is 1. The Morgan fingerprint density at radius 3 is 2.42 bits per heavy atom. The number of nitrogens with zero attached hydrogens (tertiary/aromatic N) is 1. The number of benzene rings is 1. The summed E-state index contributed by atoms with van der Waals surface area (Å²) < 4.78 is 1.69. The number of carbonyl (C=O) groups is 1. The summed E-state index contributed by atoms with van der Waals surface area (Å²) in [4.78, 5) is 13.9. The second-order valence-electron chi connectivity index (χ2n) is 4.24. The fourth-order valence-corrected chi connectivity index (χ4v) is 3.31. The zero-order valence-corrected chi connectivity index (χ0v) is 14.2. The first kappa shape index (κ1) is 16.6. The summed E-state index contributed by atoms with van der Waals surface area (Å²) in [7, 11) is 0. The van der Waals surface area contributed by atoms with Crippen LogP contribution in [-0.2, 0) is 4.79 Å². The van der Waals surface area contributed by atoms with Gasteiger partial charge >= 0.3 is 0 Å². The van der Waals surface area contributed by atoms with E-state index in [-0.39, 0.29) is 19.1 Å². The van der Waals surface area contributed by atoms with Gasteiger partial charge in [0, 0.05) is 15.5 Å². The van der Waals surface area contributed by atoms with Crippen molar-refractivity contribution in [1.82, 2.24) is 4.90 Å². The van der Waals surface area contributed by atoms with Gasteiger partial charge in [-0.3, -0.25) is 9.69 Å². The molecule has 1 amide bonds. The average molecular weight is 394 g/mol. The number of amides is 1. The highest BCUT2D eigenvalue weighted by Gasteiger charge is 2.12. The van der Waals surface area contributed by atoms with Gasteiger partial charge in [-0.05, 0) is 63.0 Å². The molecule has 0 aliphatic rings. The lowest BCUT2D eigenvalue weighted by molar-refractivity contribution is -0.117. The van der Waals surface area contributed by atoms with Crippen LogP contribution in [0.25, 0.3) is 0 Å². The molecule has 0 bridgehead atoms. The van der Waals surface area contributed by atoms with Crippen LogP contribution >= 0.6 is 31.9 Å². The van der Waals surface area contributed by atoms with Gasteiger partial charge in [-0.15, -0.1) is 0 Å². The minimum Gasteiger partial charge on any atom is -0.395 e. The van der Waals surface area contributed by atoms with Crippen molar-refractivity contribution in [3.63, 3.8) is 0 Å². The van der Waals surface area contributed by atoms with Crippen LogP contribution in [0.4, 0.5) is 5.69 Å². The molecule has 1 rings (SSSR count). The van der Waals surface area contributed by atoms with Crippen LogP contribution in [0.5, 0.6) is 0 Å². The van der Waals surface area contributed by atoms with Crippen molar-refractivity contribution < 1.29 is 9.90 Å². The lowest BCUT2D eigenvalue weighted by Crippen LogP contribution is -2.35. The summed E-state index contributed by atoms with van der Waals surface area (Å²) in [6.45, 7) is 5.50. The summed E-state index contributed by atoms with van der Waals surface area (Å²) in [6, 6.07) is 3.90. The molecule has 6 heteroatoms. The Morgan fingerprint density at radius 1 is 1.37 bits per heavy atom. The second kappa shape index (κ2) is 7.99. The summed E-state index contributed by atoms with van der Waals surface area (Å²) in [5.74, 6) is -0.0967. The topological polar surface area (TPSA) is 52.6 Å². The Kier molecular flexibility index (Phi) is 6.99.